The van der Waals surface area contributed by atoms with Gasteiger partial charge in [0.2, 0.25) is 0 Å². The molecule has 0 aromatic heterocycles. The van der Waals surface area contributed by atoms with Crippen molar-refractivity contribution < 1.29 is 9.53 Å². The van der Waals surface area contributed by atoms with Crippen molar-refractivity contribution in [1.82, 2.24) is 4.90 Å². The first-order valence-electron chi connectivity index (χ1n) is 5.91. The smallest absolute Gasteiger partial charge is 0.307 e. The van der Waals surface area contributed by atoms with E-state index >= 15 is 0 Å². The Bertz CT molecular complexity index is 281. The highest BCUT2D eigenvalue weighted by molar-refractivity contribution is 14.0. The highest BCUT2D eigenvalue weighted by atomic mass is 127. The third kappa shape index (κ3) is 7.30. The van der Waals surface area contributed by atoms with Crippen LogP contribution in [0.1, 0.15) is 20.3 Å². The molecule has 0 amide bonds. The molecule has 2 N–H and O–H groups in total. The van der Waals surface area contributed by atoms with Crippen molar-refractivity contribution in [2.24, 2.45) is 10.7 Å². The topological polar surface area (TPSA) is 67.9 Å². The van der Waals surface area contributed by atoms with E-state index in [4.69, 9.17) is 10.5 Å². The fourth-order valence-corrected chi connectivity index (χ4v) is 2.38. The van der Waals surface area contributed by atoms with Gasteiger partial charge < -0.3 is 15.4 Å². The molecule has 1 rings (SSSR count). The predicted molar refractivity (Wildman–Crippen MR) is 86.6 cm³/mol. The monoisotopic (exact) mass is 387 g/mol. The van der Waals surface area contributed by atoms with E-state index in [1.165, 1.54) is 0 Å². The van der Waals surface area contributed by atoms with Crippen molar-refractivity contribution in [2.75, 3.05) is 31.1 Å². The molecule has 0 aliphatic carbocycles. The third-order valence-electron chi connectivity index (χ3n) is 2.29. The maximum atomic E-state index is 11.3. The molecule has 0 saturated carbocycles. The molecular formula is C11H22IN3O2S. The van der Waals surface area contributed by atoms with Crippen LogP contribution in [0.3, 0.4) is 0 Å². The first-order valence-corrected chi connectivity index (χ1v) is 7.07. The van der Waals surface area contributed by atoms with E-state index in [1.54, 1.807) is 0 Å². The molecule has 0 unspecified atom stereocenters. The van der Waals surface area contributed by atoms with E-state index in [1.807, 2.05) is 25.6 Å². The number of ether oxygens (including phenoxy) is 1. The van der Waals surface area contributed by atoms with Crippen LogP contribution in [0.25, 0.3) is 0 Å². The van der Waals surface area contributed by atoms with E-state index < -0.39 is 0 Å². The largest absolute Gasteiger partial charge is 0.463 e. The number of nitrogens with zero attached hydrogens (tertiary/aromatic N) is 2. The van der Waals surface area contributed by atoms with Gasteiger partial charge in [-0.2, -0.15) is 11.8 Å². The van der Waals surface area contributed by atoms with Gasteiger partial charge in [-0.05, 0) is 13.8 Å². The SMILES string of the molecule is CC(C)OC(=O)CCN=C(N)N1CCSCC1.I. The Morgan fingerprint density at radius 3 is 2.61 bits per heavy atom. The molecule has 1 saturated heterocycles. The Morgan fingerprint density at radius 2 is 2.06 bits per heavy atom. The molecule has 7 heteroatoms. The average molecular weight is 387 g/mol. The van der Waals surface area contributed by atoms with E-state index in [2.05, 4.69) is 9.89 Å². The number of halogens is 1. The summed E-state index contributed by atoms with van der Waals surface area (Å²) in [6, 6.07) is 0. The Morgan fingerprint density at radius 1 is 1.44 bits per heavy atom. The molecule has 0 bridgehead atoms. The van der Waals surface area contributed by atoms with Crippen LogP contribution in [0.2, 0.25) is 0 Å². The van der Waals surface area contributed by atoms with Gasteiger partial charge >= 0.3 is 5.97 Å². The summed E-state index contributed by atoms with van der Waals surface area (Å²) in [6.07, 6.45) is 0.226. The van der Waals surface area contributed by atoms with Gasteiger partial charge in [0.1, 0.15) is 0 Å². The summed E-state index contributed by atoms with van der Waals surface area (Å²) in [4.78, 5) is 17.5. The van der Waals surface area contributed by atoms with Crippen LogP contribution in [0, 0.1) is 0 Å². The Labute approximate surface area is 130 Å². The van der Waals surface area contributed by atoms with Gasteiger partial charge in [-0.15, -0.1) is 24.0 Å². The van der Waals surface area contributed by atoms with Crippen LogP contribution in [-0.4, -0.2) is 54.1 Å². The molecule has 1 aliphatic heterocycles. The Hall–Kier alpha value is -0.180. The molecule has 18 heavy (non-hydrogen) atoms. The normalized spacial score (nSPS) is 16.4. The Balaban J connectivity index is 0.00000289. The molecule has 0 aromatic rings. The van der Waals surface area contributed by atoms with Crippen LogP contribution < -0.4 is 5.73 Å². The molecule has 0 spiro atoms. The van der Waals surface area contributed by atoms with Gasteiger partial charge in [0, 0.05) is 24.6 Å². The zero-order valence-corrected chi connectivity index (χ0v) is 14.1. The lowest BCUT2D eigenvalue weighted by Gasteiger charge is -2.27. The standard InChI is InChI=1S/C11H21N3O2S.HI/c1-9(2)16-10(15)3-4-13-11(12)14-5-7-17-8-6-14;/h9H,3-8H2,1-2H3,(H2,12,13);1H. The second kappa shape index (κ2) is 9.71. The van der Waals surface area contributed by atoms with E-state index in [9.17, 15) is 4.79 Å². The van der Waals surface area contributed by atoms with E-state index in [-0.39, 0.29) is 36.0 Å². The highest BCUT2D eigenvalue weighted by Gasteiger charge is 2.12. The molecule has 1 heterocycles. The number of thioether (sulfide) groups is 1. The van der Waals surface area contributed by atoms with Gasteiger partial charge in [-0.25, -0.2) is 0 Å². The lowest BCUT2D eigenvalue weighted by molar-refractivity contribution is -0.147. The molecule has 0 atom stereocenters. The molecule has 1 aliphatic rings. The second-order valence-corrected chi connectivity index (χ2v) is 5.35. The number of nitrogens with two attached hydrogens (primary N) is 1. The average Bonchev–Trinajstić information content (AvgIpc) is 2.29. The lowest BCUT2D eigenvalue weighted by Crippen LogP contribution is -2.42. The van der Waals surface area contributed by atoms with Crippen LogP contribution >= 0.6 is 35.7 Å². The third-order valence-corrected chi connectivity index (χ3v) is 3.23. The number of carbonyl (C=O) groups is 1. The second-order valence-electron chi connectivity index (χ2n) is 4.13. The van der Waals surface area contributed by atoms with Crippen molar-refractivity contribution >= 4 is 47.7 Å². The van der Waals surface area contributed by atoms with Crippen molar-refractivity contribution in [3.05, 3.63) is 0 Å². The van der Waals surface area contributed by atoms with Crippen LogP contribution in [0.15, 0.2) is 4.99 Å². The molecular weight excluding hydrogens is 365 g/mol. The van der Waals surface area contributed by atoms with Crippen molar-refractivity contribution in [3.8, 4) is 0 Å². The molecule has 106 valence electrons. The van der Waals surface area contributed by atoms with Crippen LogP contribution in [0.4, 0.5) is 0 Å². The van der Waals surface area contributed by atoms with Gasteiger partial charge in [0.25, 0.3) is 0 Å². The van der Waals surface area contributed by atoms with Gasteiger partial charge in [-0.3, -0.25) is 9.79 Å². The molecule has 1 fully saturated rings. The van der Waals surface area contributed by atoms with E-state index in [0.717, 1.165) is 24.6 Å². The number of esters is 1. The zero-order valence-electron chi connectivity index (χ0n) is 10.9. The number of hydrogen-bond acceptors (Lipinski definition) is 4. The minimum Gasteiger partial charge on any atom is -0.463 e. The van der Waals surface area contributed by atoms with Crippen LogP contribution in [0.5, 0.6) is 0 Å². The highest BCUT2D eigenvalue weighted by Crippen LogP contribution is 2.08. The molecule has 0 radical (unpaired) electrons. The summed E-state index contributed by atoms with van der Waals surface area (Å²) in [5, 5.41) is 0. The van der Waals surface area contributed by atoms with Gasteiger partial charge in [0.15, 0.2) is 5.96 Å². The number of hydrogen-bond donors (Lipinski definition) is 1. The van der Waals surface area contributed by atoms with Crippen LogP contribution in [-0.2, 0) is 9.53 Å². The summed E-state index contributed by atoms with van der Waals surface area (Å²) in [6.45, 7) is 5.95. The summed E-state index contributed by atoms with van der Waals surface area (Å²) in [5.41, 5.74) is 5.85. The summed E-state index contributed by atoms with van der Waals surface area (Å²) >= 11 is 1.93. The van der Waals surface area contributed by atoms with Gasteiger partial charge in [-0.1, -0.05) is 0 Å². The number of carbonyl (C=O) groups excluding carboxylic acids is 1. The number of guanidine groups is 1. The summed E-state index contributed by atoms with van der Waals surface area (Å²) < 4.78 is 5.01. The summed E-state index contributed by atoms with van der Waals surface area (Å²) in [7, 11) is 0. The number of rotatable bonds is 4. The van der Waals surface area contributed by atoms with Crippen molar-refractivity contribution in [1.29, 1.82) is 0 Å². The fourth-order valence-electron chi connectivity index (χ4n) is 1.48. The first kappa shape index (κ1) is 17.8. The minimum absolute atomic E-state index is 0. The quantitative estimate of drug-likeness (QED) is 0.341. The molecule has 0 aromatic carbocycles. The number of aliphatic imine (C=N–C) groups is 1. The summed E-state index contributed by atoms with van der Waals surface area (Å²) in [5.74, 6) is 2.51. The first-order chi connectivity index (χ1) is 8.09. The lowest BCUT2D eigenvalue weighted by atomic mass is 10.4. The van der Waals surface area contributed by atoms with Crippen molar-refractivity contribution in [2.45, 2.75) is 26.4 Å². The maximum Gasteiger partial charge on any atom is 0.307 e. The predicted octanol–water partition coefficient (Wildman–Crippen LogP) is 1.31. The van der Waals surface area contributed by atoms with Gasteiger partial charge in [0.05, 0.1) is 19.1 Å². The zero-order chi connectivity index (χ0) is 12.7. The van der Waals surface area contributed by atoms with Crippen molar-refractivity contribution in [3.63, 3.8) is 0 Å². The molecule has 5 nitrogen and oxygen atoms in total. The fraction of sp³-hybridized carbons (Fsp3) is 0.818. The maximum absolute atomic E-state index is 11.3. The van der Waals surface area contributed by atoms with E-state index in [0.29, 0.717) is 18.9 Å². The minimum atomic E-state index is -0.217. The Kier molecular flexibility index (Phi) is 9.61.